The molecule has 1 aliphatic rings. The lowest BCUT2D eigenvalue weighted by atomic mass is 9.81. The maximum Gasteiger partial charge on any atom is 0.323 e. The second kappa shape index (κ2) is 12.3. The molecule has 0 saturated heterocycles. The summed E-state index contributed by atoms with van der Waals surface area (Å²) < 4.78 is 0. The number of carbonyl (C=O) groups is 2. The molecule has 2 aromatic heterocycles. The van der Waals surface area contributed by atoms with E-state index in [2.05, 4.69) is 30.6 Å². The summed E-state index contributed by atoms with van der Waals surface area (Å²) in [7, 11) is 3.77. The predicted molar refractivity (Wildman–Crippen MR) is 159 cm³/mol. The van der Waals surface area contributed by atoms with Gasteiger partial charge in [-0.05, 0) is 67.5 Å². The molecule has 0 aliphatic heterocycles. The van der Waals surface area contributed by atoms with E-state index in [4.69, 9.17) is 5.73 Å². The van der Waals surface area contributed by atoms with Gasteiger partial charge in [-0.1, -0.05) is 24.3 Å². The normalized spacial score (nSPS) is 17.6. The Morgan fingerprint density at radius 1 is 1.00 bits per heavy atom. The van der Waals surface area contributed by atoms with E-state index in [9.17, 15) is 14.4 Å². The topological polar surface area (TPSA) is 162 Å². The van der Waals surface area contributed by atoms with E-state index < -0.39 is 6.04 Å². The number of rotatable bonds is 9. The van der Waals surface area contributed by atoms with Crippen molar-refractivity contribution in [1.29, 1.82) is 0 Å². The molecule has 1 fully saturated rings. The lowest BCUT2D eigenvalue weighted by Gasteiger charge is -2.28. The van der Waals surface area contributed by atoms with Gasteiger partial charge in [-0.25, -0.2) is 14.8 Å². The van der Waals surface area contributed by atoms with Crippen molar-refractivity contribution < 1.29 is 9.59 Å². The molecule has 214 valence electrons. The van der Waals surface area contributed by atoms with E-state index in [-0.39, 0.29) is 23.4 Å². The summed E-state index contributed by atoms with van der Waals surface area (Å²) in [5, 5.41) is 5.95. The number of nitrogens with one attached hydrogen (secondary N) is 4. The molecule has 6 N–H and O–H groups in total. The van der Waals surface area contributed by atoms with Crippen molar-refractivity contribution in [2.24, 2.45) is 17.6 Å². The van der Waals surface area contributed by atoms with E-state index in [1.807, 2.05) is 43.3 Å². The van der Waals surface area contributed by atoms with E-state index in [1.165, 1.54) is 0 Å². The summed E-state index contributed by atoms with van der Waals surface area (Å²) in [5.74, 6) is 0.469. The van der Waals surface area contributed by atoms with Gasteiger partial charge >= 0.3 is 5.69 Å². The van der Waals surface area contributed by atoms with Crippen LogP contribution in [0.3, 0.4) is 0 Å². The third-order valence-electron chi connectivity index (χ3n) is 7.71. The number of aromatic amines is 2. The minimum absolute atomic E-state index is 0.116. The maximum atomic E-state index is 13.6. The first-order valence-electron chi connectivity index (χ1n) is 13.9. The highest BCUT2D eigenvalue weighted by Crippen LogP contribution is 2.28. The smallest absolute Gasteiger partial charge is 0.323 e. The van der Waals surface area contributed by atoms with Crippen molar-refractivity contribution in [3.05, 3.63) is 70.9 Å². The van der Waals surface area contributed by atoms with Crippen LogP contribution in [-0.2, 0) is 16.0 Å². The number of hydrogen-bond acceptors (Lipinski definition) is 7. The van der Waals surface area contributed by atoms with Crippen LogP contribution in [0.15, 0.2) is 59.7 Å². The minimum Gasteiger partial charge on any atom is -0.347 e. The minimum atomic E-state index is -0.807. The molecule has 2 aromatic carbocycles. The highest BCUT2D eigenvalue weighted by Gasteiger charge is 2.29. The van der Waals surface area contributed by atoms with Crippen molar-refractivity contribution in [2.45, 2.75) is 38.1 Å². The quantitative estimate of drug-likeness (QED) is 0.212. The van der Waals surface area contributed by atoms with Crippen LogP contribution in [0, 0.1) is 11.8 Å². The van der Waals surface area contributed by atoms with Gasteiger partial charge < -0.3 is 31.2 Å². The highest BCUT2D eigenvalue weighted by molar-refractivity contribution is 5.98. The molecule has 41 heavy (non-hydrogen) atoms. The van der Waals surface area contributed by atoms with Gasteiger partial charge in [0.05, 0.1) is 11.0 Å². The molecular weight excluding hydrogens is 520 g/mol. The maximum absolute atomic E-state index is 13.6. The van der Waals surface area contributed by atoms with Crippen molar-refractivity contribution in [1.82, 2.24) is 25.3 Å². The van der Waals surface area contributed by atoms with Gasteiger partial charge in [0.15, 0.2) is 0 Å². The number of imidazole rings is 1. The van der Waals surface area contributed by atoms with Crippen LogP contribution in [0.1, 0.15) is 31.2 Å². The zero-order valence-electron chi connectivity index (χ0n) is 23.3. The summed E-state index contributed by atoms with van der Waals surface area (Å²) >= 11 is 0. The van der Waals surface area contributed by atoms with Gasteiger partial charge in [0.2, 0.25) is 17.8 Å². The molecule has 0 bridgehead atoms. The molecular formula is C30H36N8O3. The van der Waals surface area contributed by atoms with Gasteiger partial charge in [-0.2, -0.15) is 0 Å². The Labute approximate surface area is 238 Å². The Bertz CT molecular complexity index is 1570. The first-order valence-corrected chi connectivity index (χ1v) is 13.9. The van der Waals surface area contributed by atoms with Crippen LogP contribution in [-0.4, -0.2) is 58.4 Å². The van der Waals surface area contributed by atoms with Crippen LogP contribution in [0.2, 0.25) is 0 Å². The largest absolute Gasteiger partial charge is 0.347 e. The molecule has 5 rings (SSSR count). The first-order chi connectivity index (χ1) is 19.8. The fourth-order valence-corrected chi connectivity index (χ4v) is 5.31. The van der Waals surface area contributed by atoms with Gasteiger partial charge in [-0.15, -0.1) is 0 Å². The van der Waals surface area contributed by atoms with E-state index in [0.29, 0.717) is 41.6 Å². The highest BCUT2D eigenvalue weighted by atomic mass is 16.2. The number of anilines is 2. The third-order valence-corrected chi connectivity index (χ3v) is 7.71. The monoisotopic (exact) mass is 556 g/mol. The SMILES string of the molecule is CN(C)c1ncc(-c2cccc(C[C@H](NC(=O)C3CCC(CN)CC3)C(=O)Nc3ccc4[nH]c(=O)[nH]c4c3)c2)cn1. The van der Waals surface area contributed by atoms with Crippen LogP contribution in [0.5, 0.6) is 0 Å². The number of nitrogens with two attached hydrogens (primary N) is 1. The molecule has 2 amide bonds. The fraction of sp³-hybridized carbons (Fsp3) is 0.367. The average molecular weight is 557 g/mol. The molecule has 1 aliphatic carbocycles. The Morgan fingerprint density at radius 3 is 2.44 bits per heavy atom. The van der Waals surface area contributed by atoms with E-state index >= 15 is 0 Å². The van der Waals surface area contributed by atoms with Crippen molar-refractivity contribution >= 4 is 34.5 Å². The molecule has 1 atom stereocenters. The number of amides is 2. The summed E-state index contributed by atoms with van der Waals surface area (Å²) in [6.07, 6.45) is 7.19. The lowest BCUT2D eigenvalue weighted by Crippen LogP contribution is -2.48. The zero-order chi connectivity index (χ0) is 28.9. The second-order valence-electron chi connectivity index (χ2n) is 10.9. The van der Waals surface area contributed by atoms with E-state index in [0.717, 1.165) is 42.4 Å². The average Bonchev–Trinajstić information content (AvgIpc) is 3.36. The van der Waals surface area contributed by atoms with Gasteiger partial charge in [0, 0.05) is 50.1 Å². The summed E-state index contributed by atoms with van der Waals surface area (Å²) in [6, 6.07) is 12.1. The van der Waals surface area contributed by atoms with E-state index in [1.54, 1.807) is 30.6 Å². The molecule has 11 nitrogen and oxygen atoms in total. The Balaban J connectivity index is 1.36. The number of aromatic nitrogens is 4. The van der Waals surface area contributed by atoms with Crippen LogP contribution < -0.4 is 27.0 Å². The third kappa shape index (κ3) is 6.80. The molecule has 1 saturated carbocycles. The number of H-pyrrole nitrogens is 2. The standard InChI is InChI=1S/C30H36N8O3/c1-38(2)29-32-16-22(17-33-29)21-5-3-4-19(12-21)13-26(35-27(39)20-8-6-18(15-31)7-9-20)28(40)34-23-10-11-24-25(14-23)37-30(41)36-24/h3-5,10-12,14,16-18,20,26H,6-9,13,15,31H2,1-2H3,(H,34,40)(H,35,39)(H2,36,37,41)/t18?,20?,26-/m0/s1. The fourth-order valence-electron chi connectivity index (χ4n) is 5.31. The Morgan fingerprint density at radius 2 is 1.73 bits per heavy atom. The van der Waals surface area contributed by atoms with Crippen LogP contribution >= 0.6 is 0 Å². The molecule has 0 unspecified atom stereocenters. The van der Waals surface area contributed by atoms with Crippen molar-refractivity contribution in [2.75, 3.05) is 30.9 Å². The lowest BCUT2D eigenvalue weighted by molar-refractivity contribution is -0.130. The number of hydrogen-bond donors (Lipinski definition) is 5. The van der Waals surface area contributed by atoms with Crippen LogP contribution in [0.4, 0.5) is 11.6 Å². The predicted octanol–water partition coefficient (Wildman–Crippen LogP) is 2.81. The Hall–Kier alpha value is -4.51. The second-order valence-corrected chi connectivity index (χ2v) is 10.9. The summed E-state index contributed by atoms with van der Waals surface area (Å²) in [6.45, 7) is 0.634. The molecule has 0 radical (unpaired) electrons. The van der Waals surface area contributed by atoms with Crippen LogP contribution in [0.25, 0.3) is 22.2 Å². The summed E-state index contributed by atoms with van der Waals surface area (Å²) in [5.41, 5.74) is 9.92. The number of nitrogens with zero attached hydrogens (tertiary/aromatic N) is 3. The number of benzene rings is 2. The molecule has 11 heteroatoms. The zero-order valence-corrected chi connectivity index (χ0v) is 23.3. The molecule has 0 spiro atoms. The van der Waals surface area contributed by atoms with Gasteiger partial charge in [0.25, 0.3) is 0 Å². The molecule has 2 heterocycles. The van der Waals surface area contributed by atoms with Gasteiger partial charge in [0.1, 0.15) is 6.04 Å². The number of carbonyl (C=O) groups excluding carboxylic acids is 2. The van der Waals surface area contributed by atoms with Gasteiger partial charge in [-0.3, -0.25) is 9.59 Å². The Kier molecular flexibility index (Phi) is 8.44. The van der Waals surface area contributed by atoms with Crippen molar-refractivity contribution in [3.63, 3.8) is 0 Å². The van der Waals surface area contributed by atoms with Crippen molar-refractivity contribution in [3.8, 4) is 11.1 Å². The summed E-state index contributed by atoms with van der Waals surface area (Å²) in [4.78, 5) is 54.6. The number of fused-ring (bicyclic) bond motifs is 1. The molecule has 4 aromatic rings. The first kappa shape index (κ1) is 28.0.